The number of hydrogen-bond donors (Lipinski definition) is 0. The van der Waals surface area contributed by atoms with E-state index >= 15 is 0 Å². The topological polar surface area (TPSA) is 111 Å². The van der Waals surface area contributed by atoms with E-state index in [4.69, 9.17) is 18.7 Å². The molecule has 0 aliphatic carbocycles. The van der Waals surface area contributed by atoms with Gasteiger partial charge in [-0.15, -0.1) is 0 Å². The van der Waals surface area contributed by atoms with E-state index in [0.29, 0.717) is 5.56 Å². The summed E-state index contributed by atoms with van der Waals surface area (Å²) >= 11 is 0. The summed E-state index contributed by atoms with van der Waals surface area (Å²) in [5.74, 6) is -0.230. The van der Waals surface area contributed by atoms with Gasteiger partial charge in [0.1, 0.15) is 0 Å². The number of nitrogens with zero attached hydrogens (tertiary/aromatic N) is 4. The molecule has 4 aromatic rings. The number of rotatable bonds is 10. The normalized spacial score (nSPS) is 10.9. The number of esters is 1. The van der Waals surface area contributed by atoms with Crippen molar-refractivity contribution >= 4 is 5.97 Å². The second-order valence-corrected chi connectivity index (χ2v) is 6.89. The van der Waals surface area contributed by atoms with Gasteiger partial charge in [-0.25, -0.2) is 9.48 Å². The maximum absolute atomic E-state index is 12.5. The van der Waals surface area contributed by atoms with Crippen molar-refractivity contribution in [1.29, 1.82) is 0 Å². The first-order valence-electron chi connectivity index (χ1n) is 10.4. The molecule has 0 atom stereocenters. The number of para-hydroxylation sites is 1. The van der Waals surface area contributed by atoms with Gasteiger partial charge in [-0.1, -0.05) is 23.4 Å². The lowest BCUT2D eigenvalue weighted by Crippen LogP contribution is -2.08. The van der Waals surface area contributed by atoms with Crippen LogP contribution in [0.15, 0.2) is 59.3 Å². The second-order valence-electron chi connectivity index (χ2n) is 6.89. The van der Waals surface area contributed by atoms with Gasteiger partial charge < -0.3 is 23.5 Å². The average Bonchev–Trinajstić information content (AvgIpc) is 3.51. The van der Waals surface area contributed by atoms with Crippen LogP contribution in [0.4, 0.5) is 8.78 Å². The summed E-state index contributed by atoms with van der Waals surface area (Å²) in [5.41, 5.74) is 1.17. The maximum Gasteiger partial charge on any atom is 0.387 e. The minimum atomic E-state index is -2.99. The summed E-state index contributed by atoms with van der Waals surface area (Å²) < 4.78 is 52.1. The van der Waals surface area contributed by atoms with Crippen molar-refractivity contribution in [3.05, 3.63) is 66.3 Å². The number of methoxy groups -OCH3 is 1. The SMILES string of the molecule is CCOC(=O)c1nn(-c2ccccc2)cc1OCc1nc(-c2ccc(OC(F)F)c(OC)c2)no1. The van der Waals surface area contributed by atoms with E-state index in [-0.39, 0.29) is 47.9 Å². The van der Waals surface area contributed by atoms with Crippen LogP contribution in [-0.4, -0.2) is 46.2 Å². The highest BCUT2D eigenvalue weighted by Gasteiger charge is 2.21. The summed E-state index contributed by atoms with van der Waals surface area (Å²) in [5, 5.41) is 8.16. The highest BCUT2D eigenvalue weighted by atomic mass is 19.3. The first-order valence-corrected chi connectivity index (χ1v) is 10.4. The van der Waals surface area contributed by atoms with E-state index in [1.807, 2.05) is 30.3 Å². The number of carbonyl (C=O) groups is 1. The number of benzene rings is 2. The van der Waals surface area contributed by atoms with Gasteiger partial charge in [0, 0.05) is 5.56 Å². The van der Waals surface area contributed by atoms with E-state index < -0.39 is 12.6 Å². The Balaban J connectivity index is 1.52. The zero-order valence-corrected chi connectivity index (χ0v) is 18.7. The van der Waals surface area contributed by atoms with E-state index in [1.165, 1.54) is 30.0 Å². The molecule has 0 saturated carbocycles. The highest BCUT2D eigenvalue weighted by molar-refractivity contribution is 5.90. The van der Waals surface area contributed by atoms with Crippen LogP contribution in [0.3, 0.4) is 0 Å². The Morgan fingerprint density at radius 1 is 1.11 bits per heavy atom. The number of hydrogen-bond acceptors (Lipinski definition) is 9. The van der Waals surface area contributed by atoms with Crippen molar-refractivity contribution in [2.45, 2.75) is 20.1 Å². The Morgan fingerprint density at radius 2 is 1.91 bits per heavy atom. The molecular weight excluding hydrogens is 466 g/mol. The molecule has 0 amide bonds. The fourth-order valence-electron chi connectivity index (χ4n) is 3.09. The first-order chi connectivity index (χ1) is 17.0. The Hall–Kier alpha value is -4.48. The molecule has 0 aliphatic heterocycles. The Kier molecular flexibility index (Phi) is 7.19. The van der Waals surface area contributed by atoms with Crippen LogP contribution in [0.1, 0.15) is 23.3 Å². The number of aromatic nitrogens is 4. The number of carbonyl (C=O) groups excluding carboxylic acids is 1. The fraction of sp³-hybridized carbons (Fsp3) is 0.217. The Labute approximate surface area is 198 Å². The van der Waals surface area contributed by atoms with Crippen LogP contribution in [0.25, 0.3) is 17.1 Å². The monoisotopic (exact) mass is 486 g/mol. The van der Waals surface area contributed by atoms with Crippen LogP contribution in [0.2, 0.25) is 0 Å². The third kappa shape index (κ3) is 5.54. The number of halogens is 2. The lowest BCUT2D eigenvalue weighted by atomic mass is 10.2. The smallest absolute Gasteiger partial charge is 0.387 e. The predicted molar refractivity (Wildman–Crippen MR) is 117 cm³/mol. The van der Waals surface area contributed by atoms with Gasteiger partial charge in [0.05, 0.1) is 25.6 Å². The molecular formula is C23H20F2N4O6. The molecule has 0 radical (unpaired) electrons. The van der Waals surface area contributed by atoms with E-state index in [0.717, 1.165) is 5.69 Å². The van der Waals surface area contributed by atoms with Crippen molar-refractivity contribution in [2.75, 3.05) is 13.7 Å². The molecule has 10 nitrogen and oxygen atoms in total. The van der Waals surface area contributed by atoms with Crippen molar-refractivity contribution in [1.82, 2.24) is 19.9 Å². The van der Waals surface area contributed by atoms with Crippen molar-refractivity contribution in [3.63, 3.8) is 0 Å². The number of alkyl halides is 2. The lowest BCUT2D eigenvalue weighted by Gasteiger charge is -2.10. The van der Waals surface area contributed by atoms with Crippen molar-refractivity contribution < 1.29 is 37.0 Å². The van der Waals surface area contributed by atoms with Crippen molar-refractivity contribution in [2.24, 2.45) is 0 Å². The summed E-state index contributed by atoms with van der Waals surface area (Å²) in [6, 6.07) is 13.4. The quantitative estimate of drug-likeness (QED) is 0.303. The molecule has 0 spiro atoms. The van der Waals surface area contributed by atoms with Gasteiger partial charge in [0.2, 0.25) is 11.5 Å². The van der Waals surface area contributed by atoms with Gasteiger partial charge in [0.15, 0.2) is 23.9 Å². The molecule has 0 aliphatic rings. The molecule has 12 heteroatoms. The maximum atomic E-state index is 12.5. The third-order valence-electron chi connectivity index (χ3n) is 4.63. The fourth-order valence-corrected chi connectivity index (χ4v) is 3.09. The van der Waals surface area contributed by atoms with Crippen LogP contribution in [0.5, 0.6) is 17.2 Å². The van der Waals surface area contributed by atoms with Gasteiger partial charge >= 0.3 is 12.6 Å². The molecule has 0 saturated heterocycles. The molecule has 35 heavy (non-hydrogen) atoms. The minimum absolute atomic E-state index is 0.00482. The molecule has 4 rings (SSSR count). The van der Waals surface area contributed by atoms with Crippen LogP contribution < -0.4 is 14.2 Å². The Morgan fingerprint density at radius 3 is 2.63 bits per heavy atom. The largest absolute Gasteiger partial charge is 0.493 e. The molecule has 0 N–H and O–H groups in total. The molecule has 2 aromatic carbocycles. The summed E-state index contributed by atoms with van der Waals surface area (Å²) in [7, 11) is 1.32. The summed E-state index contributed by atoms with van der Waals surface area (Å²) in [4.78, 5) is 16.6. The van der Waals surface area contributed by atoms with E-state index in [2.05, 4.69) is 20.0 Å². The summed E-state index contributed by atoms with van der Waals surface area (Å²) in [6.07, 6.45) is 1.55. The Bertz CT molecular complexity index is 1290. The minimum Gasteiger partial charge on any atom is -0.493 e. The van der Waals surface area contributed by atoms with Gasteiger partial charge in [0.25, 0.3) is 5.89 Å². The second kappa shape index (κ2) is 10.6. The predicted octanol–water partition coefficient (Wildman–Crippen LogP) is 4.29. The van der Waals surface area contributed by atoms with E-state index in [9.17, 15) is 13.6 Å². The zero-order chi connectivity index (χ0) is 24.8. The van der Waals surface area contributed by atoms with Gasteiger partial charge in [-0.3, -0.25) is 0 Å². The standard InChI is InChI=1S/C23H20F2N4O6/c1-3-32-22(30)20-18(12-29(27-20)15-7-5-4-6-8-15)33-13-19-26-21(28-35-19)14-9-10-16(34-23(24)25)17(11-14)31-2/h4-12,23H,3,13H2,1-2H3. The molecule has 0 unspecified atom stereocenters. The molecule has 0 bridgehead atoms. The molecule has 182 valence electrons. The van der Waals surface area contributed by atoms with E-state index in [1.54, 1.807) is 13.1 Å². The molecule has 0 fully saturated rings. The van der Waals surface area contributed by atoms with Gasteiger partial charge in [-0.2, -0.15) is 18.9 Å². The van der Waals surface area contributed by atoms with Crippen LogP contribution in [-0.2, 0) is 11.3 Å². The average molecular weight is 486 g/mol. The van der Waals surface area contributed by atoms with Crippen molar-refractivity contribution in [3.8, 4) is 34.3 Å². The first kappa shape index (κ1) is 23.7. The highest BCUT2D eigenvalue weighted by Crippen LogP contribution is 2.32. The number of ether oxygens (including phenoxy) is 4. The molecule has 2 heterocycles. The zero-order valence-electron chi connectivity index (χ0n) is 18.7. The van der Waals surface area contributed by atoms with Gasteiger partial charge in [-0.05, 0) is 37.3 Å². The van der Waals surface area contributed by atoms with Crippen LogP contribution >= 0.6 is 0 Å². The third-order valence-corrected chi connectivity index (χ3v) is 4.63. The molecule has 2 aromatic heterocycles. The van der Waals surface area contributed by atoms with Crippen LogP contribution in [0, 0.1) is 0 Å². The lowest BCUT2D eigenvalue weighted by molar-refractivity contribution is -0.0512. The summed E-state index contributed by atoms with van der Waals surface area (Å²) in [6.45, 7) is -1.29.